The van der Waals surface area contributed by atoms with Crippen molar-refractivity contribution in [3.8, 4) is 0 Å². The average molecular weight is 587 g/mol. The largest absolute Gasteiger partial charge is 0.481 e. The minimum atomic E-state index is -0.847. The smallest absolute Gasteiger partial charge is 0.410 e. The maximum absolute atomic E-state index is 11.9. The number of carbonyl (C=O) groups is 3. The van der Waals surface area contributed by atoms with Crippen LogP contribution in [0.2, 0.25) is 6.82 Å². The Hall–Kier alpha value is -3.18. The van der Waals surface area contributed by atoms with Gasteiger partial charge in [-0.1, -0.05) is 67.5 Å². The summed E-state index contributed by atoms with van der Waals surface area (Å²) in [7, 11) is 4.50. The number of benzene rings is 2. The number of nitrogens with zero attached hydrogens (tertiary/aromatic N) is 2. The van der Waals surface area contributed by atoms with Crippen LogP contribution < -0.4 is 0 Å². The topological polar surface area (TPSA) is 117 Å². The van der Waals surface area contributed by atoms with E-state index in [1.54, 1.807) is 11.2 Å². The molecule has 9 nitrogen and oxygen atoms in total. The Morgan fingerprint density at radius 3 is 1.68 bits per heavy atom. The fourth-order valence-electron chi connectivity index (χ4n) is 4.35. The molecule has 2 heterocycles. The number of carboxylic acids is 1. The minimum Gasteiger partial charge on any atom is -0.481 e. The molecule has 0 bridgehead atoms. The number of thiol groups is 1. The van der Waals surface area contributed by atoms with E-state index in [9.17, 15) is 14.4 Å². The highest BCUT2D eigenvalue weighted by Gasteiger charge is 2.29. The summed E-state index contributed by atoms with van der Waals surface area (Å²) >= 11 is 3.53. The van der Waals surface area contributed by atoms with Crippen LogP contribution in [0.25, 0.3) is 0 Å². The number of carbonyl (C=O) groups excluding carboxylic acids is 2. The lowest BCUT2D eigenvalue weighted by atomic mass is 9.99. The van der Waals surface area contributed by atoms with Crippen molar-refractivity contribution in [1.82, 2.24) is 9.80 Å². The van der Waals surface area contributed by atoms with E-state index in [1.807, 2.05) is 60.7 Å². The Bertz CT molecular complexity index is 1000. The third kappa shape index (κ3) is 13.8. The number of ether oxygens (including phenoxy) is 2. The van der Waals surface area contributed by atoms with Gasteiger partial charge in [-0.3, -0.25) is 4.79 Å². The van der Waals surface area contributed by atoms with Crippen LogP contribution in [0.4, 0.5) is 9.59 Å². The Morgan fingerprint density at radius 1 is 0.805 bits per heavy atom. The maximum atomic E-state index is 11.9. The van der Waals surface area contributed by atoms with Gasteiger partial charge in [-0.2, -0.15) is 12.6 Å². The molecule has 2 radical (unpaired) electrons. The van der Waals surface area contributed by atoms with Crippen LogP contribution in [0, 0.1) is 11.8 Å². The molecular weight excluding hydrogens is 543 g/mol. The fraction of sp³-hybridized carbons (Fsp3) is 0.500. The van der Waals surface area contributed by atoms with E-state index in [-0.39, 0.29) is 31.8 Å². The molecule has 0 saturated carbocycles. The lowest BCUT2D eigenvalue weighted by Gasteiger charge is -2.31. The number of rotatable bonds is 6. The first kappa shape index (κ1) is 35.9. The summed E-state index contributed by atoms with van der Waals surface area (Å²) in [6.45, 7) is 4.30. The van der Waals surface area contributed by atoms with E-state index in [4.69, 9.17) is 19.7 Å². The molecular formula is C30H43BN2O7S. The molecule has 2 atom stereocenters. The van der Waals surface area contributed by atoms with E-state index in [0.29, 0.717) is 32.5 Å². The van der Waals surface area contributed by atoms with Crippen LogP contribution in [0.15, 0.2) is 60.7 Å². The first-order valence-electron chi connectivity index (χ1n) is 13.7. The van der Waals surface area contributed by atoms with Crippen molar-refractivity contribution in [3.63, 3.8) is 0 Å². The summed E-state index contributed by atoms with van der Waals surface area (Å²) in [6.07, 6.45) is 4.23. The van der Waals surface area contributed by atoms with Gasteiger partial charge in [0, 0.05) is 32.8 Å². The number of aliphatic carboxylic acids is 1. The van der Waals surface area contributed by atoms with Crippen LogP contribution in [0.1, 0.15) is 36.8 Å². The molecule has 2 aromatic carbocycles. The summed E-state index contributed by atoms with van der Waals surface area (Å²) in [5.41, 5.74) is 1.91. The molecule has 224 valence electrons. The number of hydrogen-bond donors (Lipinski definition) is 3. The Kier molecular flexibility index (Phi) is 18.8. The lowest BCUT2D eigenvalue weighted by Crippen LogP contribution is -2.42. The number of hydrogen-bond acceptors (Lipinski definition) is 7. The van der Waals surface area contributed by atoms with Gasteiger partial charge < -0.3 is 29.5 Å². The van der Waals surface area contributed by atoms with Gasteiger partial charge in [-0.15, -0.1) is 0 Å². The number of likely N-dealkylation sites (tertiary alicyclic amines) is 2. The van der Waals surface area contributed by atoms with Crippen molar-refractivity contribution in [3.05, 3.63) is 71.8 Å². The van der Waals surface area contributed by atoms with Crippen molar-refractivity contribution in [2.45, 2.75) is 45.7 Å². The quantitative estimate of drug-likeness (QED) is 0.326. The number of amides is 2. The molecule has 0 aliphatic carbocycles. The van der Waals surface area contributed by atoms with Gasteiger partial charge in [0.15, 0.2) is 0 Å². The molecule has 0 unspecified atom stereocenters. The summed E-state index contributed by atoms with van der Waals surface area (Å²) in [4.78, 5) is 37.8. The molecule has 41 heavy (non-hydrogen) atoms. The van der Waals surface area contributed by atoms with Crippen molar-refractivity contribution in [1.29, 1.82) is 0 Å². The first-order valence-corrected chi connectivity index (χ1v) is 14.6. The molecule has 11 heteroatoms. The monoisotopic (exact) mass is 586 g/mol. The molecule has 2 N–H and O–H groups in total. The fourth-order valence-corrected chi connectivity index (χ4v) is 4.35. The van der Waals surface area contributed by atoms with Crippen molar-refractivity contribution in [2.24, 2.45) is 11.8 Å². The van der Waals surface area contributed by atoms with Crippen LogP contribution in [-0.4, -0.2) is 85.1 Å². The highest BCUT2D eigenvalue weighted by Crippen LogP contribution is 2.18. The SMILES string of the molecule is CS.O=C(O)[C@H]1CCCN(C(=O)OCc2ccccc2)C1.O=C(OCc1ccccc1)N1CCC[C@H](CO)C1.[B]C. The predicted octanol–water partition coefficient (Wildman–Crippen LogP) is 4.90. The van der Waals surface area contributed by atoms with Crippen LogP contribution >= 0.6 is 12.6 Å². The van der Waals surface area contributed by atoms with E-state index < -0.39 is 18.0 Å². The minimum absolute atomic E-state index is 0.141. The van der Waals surface area contributed by atoms with Crippen molar-refractivity contribution < 1.29 is 34.1 Å². The van der Waals surface area contributed by atoms with E-state index in [2.05, 4.69) is 20.5 Å². The van der Waals surface area contributed by atoms with Crippen molar-refractivity contribution in [2.75, 3.05) is 39.0 Å². The Morgan fingerprint density at radius 2 is 1.24 bits per heavy atom. The molecule has 2 aliphatic heterocycles. The van der Waals surface area contributed by atoms with Crippen LogP contribution in [-0.2, 0) is 27.5 Å². The third-order valence-electron chi connectivity index (χ3n) is 6.47. The summed E-state index contributed by atoms with van der Waals surface area (Å²) in [5.74, 6) is -1.12. The second kappa shape index (κ2) is 21.6. The normalized spacial score (nSPS) is 17.7. The molecule has 0 spiro atoms. The van der Waals surface area contributed by atoms with Crippen molar-refractivity contribution >= 4 is 38.6 Å². The van der Waals surface area contributed by atoms with Gasteiger partial charge in [0.1, 0.15) is 13.2 Å². The van der Waals surface area contributed by atoms with Gasteiger partial charge >= 0.3 is 18.2 Å². The first-order chi connectivity index (χ1) is 20.0. The number of aliphatic hydroxyl groups excluding tert-OH is 1. The molecule has 2 aliphatic rings. The van der Waals surface area contributed by atoms with Gasteiger partial charge in [0.05, 0.1) is 13.8 Å². The Balaban J connectivity index is 0.000000366. The average Bonchev–Trinajstić information content (AvgIpc) is 3.05. The van der Waals surface area contributed by atoms with Gasteiger partial charge in [-0.05, 0) is 49.0 Å². The lowest BCUT2D eigenvalue weighted by molar-refractivity contribution is -0.143. The van der Waals surface area contributed by atoms with Gasteiger partial charge in [0.2, 0.25) is 0 Å². The number of aliphatic hydroxyl groups is 1. The molecule has 2 fully saturated rings. The highest BCUT2D eigenvalue weighted by atomic mass is 32.1. The van der Waals surface area contributed by atoms with Crippen LogP contribution in [0.5, 0.6) is 0 Å². The van der Waals surface area contributed by atoms with Gasteiger partial charge in [0.25, 0.3) is 0 Å². The predicted molar refractivity (Wildman–Crippen MR) is 163 cm³/mol. The zero-order valence-electron chi connectivity index (χ0n) is 24.1. The zero-order chi connectivity index (χ0) is 30.5. The standard InChI is InChI=1S/C14H17NO4.C14H19NO3.CH3B.CH4S/c16-13(17)12-7-4-8-15(9-12)14(18)19-10-11-5-2-1-3-6-11;16-10-13-7-4-8-15(9-13)14(17)18-11-12-5-2-1-3-6-12;2*1-2/h1-3,5-6,12H,4,7-10H2,(H,16,17);1-3,5-6,13,16H,4,7-11H2;1H3;2H,1H3/t12-;13-;;/m00../s1. The summed E-state index contributed by atoms with van der Waals surface area (Å²) < 4.78 is 10.5. The molecule has 2 amide bonds. The molecule has 0 aromatic heterocycles. The van der Waals surface area contributed by atoms with E-state index in [0.717, 1.165) is 30.5 Å². The zero-order valence-corrected chi connectivity index (χ0v) is 25.0. The summed E-state index contributed by atoms with van der Waals surface area (Å²) in [6, 6.07) is 19.1. The third-order valence-corrected chi connectivity index (χ3v) is 6.47. The van der Waals surface area contributed by atoms with Crippen LogP contribution in [0.3, 0.4) is 0 Å². The van der Waals surface area contributed by atoms with E-state index >= 15 is 0 Å². The highest BCUT2D eigenvalue weighted by molar-refractivity contribution is 7.79. The second-order valence-electron chi connectivity index (χ2n) is 9.34. The number of piperidine rings is 2. The second-order valence-corrected chi connectivity index (χ2v) is 9.34. The number of carboxylic acid groups (broad SMARTS) is 1. The molecule has 2 aromatic rings. The maximum Gasteiger partial charge on any atom is 0.410 e. The Labute approximate surface area is 250 Å². The molecule has 4 rings (SSSR count). The van der Waals surface area contributed by atoms with E-state index in [1.165, 1.54) is 11.7 Å². The van der Waals surface area contributed by atoms with Gasteiger partial charge in [-0.25, -0.2) is 9.59 Å². The summed E-state index contributed by atoms with van der Waals surface area (Å²) in [5, 5.41) is 18.1. The molecule has 2 saturated heterocycles.